The van der Waals surface area contributed by atoms with E-state index in [1.165, 1.54) is 0 Å². The summed E-state index contributed by atoms with van der Waals surface area (Å²) in [7, 11) is 0. The molecule has 1 aromatic rings. The van der Waals surface area contributed by atoms with Crippen LogP contribution in [0.4, 0.5) is 0 Å². The van der Waals surface area contributed by atoms with Crippen LogP contribution in [-0.2, 0) is 4.79 Å². The van der Waals surface area contributed by atoms with Gasteiger partial charge in [-0.05, 0) is 17.9 Å². The second-order valence-corrected chi connectivity index (χ2v) is 5.40. The molecule has 2 N–H and O–H groups in total. The van der Waals surface area contributed by atoms with E-state index in [1.807, 2.05) is 18.2 Å². The molecule has 0 fully saturated rings. The molecule has 0 saturated heterocycles. The number of allylic oxidation sites excluding steroid dienone is 2. The van der Waals surface area contributed by atoms with Crippen molar-refractivity contribution in [3.05, 3.63) is 41.1 Å². The molecule has 100 valence electrons. The average Bonchev–Trinajstić information content (AvgIpc) is 2.36. The van der Waals surface area contributed by atoms with Crippen LogP contribution < -0.4 is 5.73 Å². The molecule has 1 aliphatic carbocycles. The fourth-order valence-corrected chi connectivity index (χ4v) is 2.35. The third kappa shape index (κ3) is 2.75. The molecule has 0 amide bonds. The van der Waals surface area contributed by atoms with Crippen LogP contribution in [0.1, 0.15) is 49.0 Å². The Bertz CT molecular complexity index is 556. The Hall–Kier alpha value is -1.90. The zero-order chi connectivity index (χ0) is 14.0. The number of nitrogens with two attached hydrogens (primary N) is 1. The van der Waals surface area contributed by atoms with Gasteiger partial charge in [-0.3, -0.25) is 9.59 Å². The van der Waals surface area contributed by atoms with Gasteiger partial charge >= 0.3 is 0 Å². The van der Waals surface area contributed by atoms with Gasteiger partial charge in [0.25, 0.3) is 0 Å². The van der Waals surface area contributed by atoms with Gasteiger partial charge < -0.3 is 5.73 Å². The van der Waals surface area contributed by atoms with Gasteiger partial charge in [-0.15, -0.1) is 0 Å². The Morgan fingerprint density at radius 2 is 1.89 bits per heavy atom. The Labute approximate surface area is 113 Å². The molecule has 0 bridgehead atoms. The molecular weight excluding hydrogens is 238 g/mol. The van der Waals surface area contributed by atoms with Crippen molar-refractivity contribution in [2.45, 2.75) is 33.1 Å². The van der Waals surface area contributed by atoms with Crippen molar-refractivity contribution in [1.82, 2.24) is 0 Å². The summed E-state index contributed by atoms with van der Waals surface area (Å²) in [4.78, 5) is 24.2. The third-order valence-electron chi connectivity index (χ3n) is 3.40. The van der Waals surface area contributed by atoms with Crippen molar-refractivity contribution in [2.24, 2.45) is 11.7 Å². The number of carbonyl (C=O) groups excluding carboxylic acids is 2. The Morgan fingerprint density at radius 1 is 1.26 bits per heavy atom. The zero-order valence-corrected chi connectivity index (χ0v) is 11.4. The van der Waals surface area contributed by atoms with Gasteiger partial charge in [0, 0.05) is 23.3 Å². The lowest BCUT2D eigenvalue weighted by Gasteiger charge is -2.19. The van der Waals surface area contributed by atoms with Crippen molar-refractivity contribution in [1.29, 1.82) is 0 Å². The number of Topliss-reactive ketones (excluding diaryl/α,β-unsaturated/α-hetero) is 2. The SMILES string of the molecule is CC(C)CCC(=O)C1=C(N)CC(=O)c2ccccc21. The molecule has 0 saturated carbocycles. The maximum absolute atomic E-state index is 12.3. The van der Waals surface area contributed by atoms with E-state index >= 15 is 0 Å². The summed E-state index contributed by atoms with van der Waals surface area (Å²) in [6.45, 7) is 4.17. The predicted molar refractivity (Wildman–Crippen MR) is 75.6 cm³/mol. The summed E-state index contributed by atoms with van der Waals surface area (Å²) in [6.07, 6.45) is 1.47. The summed E-state index contributed by atoms with van der Waals surface area (Å²) in [5, 5.41) is 0. The van der Waals surface area contributed by atoms with E-state index < -0.39 is 0 Å². The molecule has 3 nitrogen and oxygen atoms in total. The third-order valence-corrected chi connectivity index (χ3v) is 3.40. The molecule has 0 radical (unpaired) electrons. The lowest BCUT2D eigenvalue weighted by molar-refractivity contribution is -0.114. The van der Waals surface area contributed by atoms with Gasteiger partial charge in [-0.25, -0.2) is 0 Å². The number of benzene rings is 1. The van der Waals surface area contributed by atoms with Gasteiger partial charge in [-0.2, -0.15) is 0 Å². The Morgan fingerprint density at radius 3 is 2.53 bits per heavy atom. The van der Waals surface area contributed by atoms with Gasteiger partial charge in [0.2, 0.25) is 0 Å². The largest absolute Gasteiger partial charge is 0.401 e. The maximum Gasteiger partial charge on any atom is 0.169 e. The molecule has 0 heterocycles. The lowest BCUT2D eigenvalue weighted by atomic mass is 9.84. The first-order valence-electron chi connectivity index (χ1n) is 6.65. The van der Waals surface area contributed by atoms with Crippen molar-refractivity contribution in [2.75, 3.05) is 0 Å². The summed E-state index contributed by atoms with van der Waals surface area (Å²) in [6, 6.07) is 7.22. The van der Waals surface area contributed by atoms with Crippen LogP contribution in [-0.4, -0.2) is 11.6 Å². The van der Waals surface area contributed by atoms with E-state index in [1.54, 1.807) is 6.07 Å². The average molecular weight is 257 g/mol. The predicted octanol–water partition coefficient (Wildman–Crippen LogP) is 2.95. The van der Waals surface area contributed by atoms with Crippen LogP contribution in [0.5, 0.6) is 0 Å². The standard InChI is InChI=1S/C16H19NO2/c1-10(2)7-8-14(18)16-12-6-4-3-5-11(12)15(19)9-13(16)17/h3-6,10H,7-9,17H2,1-2H3. The first-order valence-corrected chi connectivity index (χ1v) is 6.65. The summed E-state index contributed by atoms with van der Waals surface area (Å²) < 4.78 is 0. The van der Waals surface area contributed by atoms with Crippen LogP contribution in [0.25, 0.3) is 5.57 Å². The molecule has 3 heteroatoms. The van der Waals surface area contributed by atoms with Crippen LogP contribution in [0, 0.1) is 5.92 Å². The van der Waals surface area contributed by atoms with Crippen molar-refractivity contribution < 1.29 is 9.59 Å². The number of ketones is 2. The molecule has 19 heavy (non-hydrogen) atoms. The van der Waals surface area contributed by atoms with E-state index in [-0.39, 0.29) is 18.0 Å². The molecule has 1 aliphatic rings. The second kappa shape index (κ2) is 5.39. The maximum atomic E-state index is 12.3. The normalized spacial score (nSPS) is 14.8. The highest BCUT2D eigenvalue weighted by atomic mass is 16.1. The number of fused-ring (bicyclic) bond motifs is 1. The molecule has 0 aromatic heterocycles. The van der Waals surface area contributed by atoms with Crippen LogP contribution in [0.2, 0.25) is 0 Å². The minimum Gasteiger partial charge on any atom is -0.401 e. The summed E-state index contributed by atoms with van der Waals surface area (Å²) in [5.41, 5.74) is 8.21. The summed E-state index contributed by atoms with van der Waals surface area (Å²) >= 11 is 0. The molecule has 2 rings (SSSR count). The molecule has 0 unspecified atom stereocenters. The van der Waals surface area contributed by atoms with E-state index in [0.717, 1.165) is 6.42 Å². The first-order chi connectivity index (χ1) is 9.00. The molecule has 1 aromatic carbocycles. The highest BCUT2D eigenvalue weighted by molar-refractivity contribution is 6.26. The van der Waals surface area contributed by atoms with E-state index in [9.17, 15) is 9.59 Å². The quantitative estimate of drug-likeness (QED) is 0.902. The van der Waals surface area contributed by atoms with Crippen molar-refractivity contribution in [3.63, 3.8) is 0 Å². The highest BCUT2D eigenvalue weighted by Gasteiger charge is 2.26. The van der Waals surface area contributed by atoms with E-state index in [2.05, 4.69) is 13.8 Å². The summed E-state index contributed by atoms with van der Waals surface area (Å²) in [5.74, 6) is 0.519. The Balaban J connectivity index is 2.36. The van der Waals surface area contributed by atoms with Gasteiger partial charge in [0.05, 0.1) is 6.42 Å². The number of carbonyl (C=O) groups is 2. The highest BCUT2D eigenvalue weighted by Crippen LogP contribution is 2.30. The molecular formula is C16H19NO2. The van der Waals surface area contributed by atoms with Crippen molar-refractivity contribution in [3.8, 4) is 0 Å². The number of rotatable bonds is 4. The minimum absolute atomic E-state index is 0.00601. The smallest absolute Gasteiger partial charge is 0.169 e. The van der Waals surface area contributed by atoms with E-state index in [0.29, 0.717) is 34.7 Å². The van der Waals surface area contributed by atoms with E-state index in [4.69, 9.17) is 5.73 Å². The topological polar surface area (TPSA) is 60.2 Å². The number of hydrogen-bond acceptors (Lipinski definition) is 3. The zero-order valence-electron chi connectivity index (χ0n) is 11.4. The minimum atomic E-state index is -0.00601. The molecule has 0 atom stereocenters. The molecule has 0 spiro atoms. The fourth-order valence-electron chi connectivity index (χ4n) is 2.35. The first kappa shape index (κ1) is 13.5. The lowest BCUT2D eigenvalue weighted by Crippen LogP contribution is -2.21. The van der Waals surface area contributed by atoms with Crippen LogP contribution >= 0.6 is 0 Å². The second-order valence-electron chi connectivity index (χ2n) is 5.40. The van der Waals surface area contributed by atoms with Gasteiger partial charge in [0.15, 0.2) is 11.6 Å². The van der Waals surface area contributed by atoms with Crippen LogP contribution in [0.15, 0.2) is 30.0 Å². The van der Waals surface area contributed by atoms with Crippen molar-refractivity contribution >= 4 is 17.1 Å². The monoisotopic (exact) mass is 257 g/mol. The van der Waals surface area contributed by atoms with Crippen LogP contribution in [0.3, 0.4) is 0 Å². The molecule has 0 aliphatic heterocycles. The Kier molecular flexibility index (Phi) is 3.84. The van der Waals surface area contributed by atoms with Gasteiger partial charge in [-0.1, -0.05) is 38.1 Å². The van der Waals surface area contributed by atoms with Gasteiger partial charge in [0.1, 0.15) is 0 Å². The fraction of sp³-hybridized carbons (Fsp3) is 0.375. The number of hydrogen-bond donors (Lipinski definition) is 1.